The quantitative estimate of drug-likeness (QED) is 0.139. The molecule has 1 aliphatic rings. The predicted octanol–water partition coefficient (Wildman–Crippen LogP) is 2.33. The summed E-state index contributed by atoms with van der Waals surface area (Å²) < 4.78 is 35.0. The number of benzene rings is 3. The summed E-state index contributed by atoms with van der Waals surface area (Å²) in [5.41, 5.74) is 11.7. The first kappa shape index (κ1) is 32.7. The van der Waals surface area contributed by atoms with Crippen LogP contribution in [0.25, 0.3) is 10.8 Å². The number of amides is 2. The maximum Gasteiger partial charge on any atom is 0.328 e. The second-order valence-electron chi connectivity index (χ2n) is 10.7. The molecule has 0 radical (unpaired) electrons. The van der Waals surface area contributed by atoms with Gasteiger partial charge in [0.25, 0.3) is 0 Å². The van der Waals surface area contributed by atoms with Crippen molar-refractivity contribution >= 4 is 56.1 Å². The van der Waals surface area contributed by atoms with Gasteiger partial charge in [0, 0.05) is 18.1 Å². The molecule has 44 heavy (non-hydrogen) atoms. The third kappa shape index (κ3) is 8.24. The number of halogens is 1. The lowest BCUT2D eigenvalue weighted by molar-refractivity contribution is -0.161. The van der Waals surface area contributed by atoms with Gasteiger partial charge in [0.15, 0.2) is 5.96 Å². The normalized spacial score (nSPS) is 16.6. The number of nitrogens with one attached hydrogen (secondary N) is 2. The van der Waals surface area contributed by atoms with E-state index >= 15 is 0 Å². The first-order chi connectivity index (χ1) is 20.8. The van der Waals surface area contributed by atoms with Crippen LogP contribution in [-0.4, -0.2) is 73.2 Å². The van der Waals surface area contributed by atoms with Gasteiger partial charge in [0.2, 0.25) is 21.8 Å². The molecule has 4 rings (SSSR count). The number of nitrogens with zero attached hydrogens (tertiary/aromatic N) is 2. The topological polar surface area (TPSA) is 189 Å². The molecule has 3 aromatic rings. The molecule has 1 unspecified atom stereocenters. The smallest absolute Gasteiger partial charge is 0.328 e. The number of carbonyl (C=O) groups is 3. The van der Waals surface area contributed by atoms with Crippen LogP contribution >= 0.6 is 11.6 Å². The molecule has 0 aromatic heterocycles. The van der Waals surface area contributed by atoms with Crippen LogP contribution in [0.3, 0.4) is 0 Å². The molecule has 0 saturated carbocycles. The van der Waals surface area contributed by atoms with Gasteiger partial charge in [0.05, 0.1) is 17.9 Å². The number of rotatable bonds is 11. The van der Waals surface area contributed by atoms with Crippen LogP contribution in [0, 0.1) is 5.41 Å². The third-order valence-electron chi connectivity index (χ3n) is 7.39. The number of guanidine groups is 1. The van der Waals surface area contributed by atoms with Crippen molar-refractivity contribution in [1.82, 2.24) is 14.5 Å². The Morgan fingerprint density at radius 3 is 2.43 bits per heavy atom. The standard InChI is InChI=1S/C30H35ClN6O6S/c1-19(29(40)43-24-7-4-14-36(18-24)30(33)34)37(17-20-8-11-23(31)12-9-20)28(39)26(16-27(32)38)35-44(41,42)25-13-10-21-5-2-3-6-22(21)15-25/h2-3,5-6,8-13,15,19,24,26,35H,4,7,14,16-18H2,1H3,(H2,32,38)(H3,33,34)/t19?,24-,26-/m0/s1. The van der Waals surface area contributed by atoms with E-state index in [0.29, 0.717) is 35.4 Å². The molecule has 0 bridgehead atoms. The van der Waals surface area contributed by atoms with Crippen molar-refractivity contribution < 1.29 is 27.5 Å². The molecule has 3 atom stereocenters. The highest BCUT2D eigenvalue weighted by molar-refractivity contribution is 7.89. The average Bonchev–Trinajstić information content (AvgIpc) is 2.99. The van der Waals surface area contributed by atoms with Gasteiger partial charge in [-0.2, -0.15) is 4.72 Å². The first-order valence-corrected chi connectivity index (χ1v) is 15.8. The van der Waals surface area contributed by atoms with Crippen LogP contribution in [-0.2, 0) is 35.7 Å². The lowest BCUT2D eigenvalue weighted by Gasteiger charge is -2.35. The minimum atomic E-state index is -4.31. The second-order valence-corrected chi connectivity index (χ2v) is 12.8. The van der Waals surface area contributed by atoms with Crippen molar-refractivity contribution in [3.05, 3.63) is 77.3 Å². The number of likely N-dealkylation sites (tertiary alicyclic amines) is 1. The van der Waals surface area contributed by atoms with Crippen molar-refractivity contribution in [3.8, 4) is 0 Å². The van der Waals surface area contributed by atoms with Crippen LogP contribution in [0.2, 0.25) is 5.02 Å². The minimum absolute atomic E-state index is 0.109. The number of hydrogen-bond donors (Lipinski definition) is 4. The highest BCUT2D eigenvalue weighted by Crippen LogP contribution is 2.22. The lowest BCUT2D eigenvalue weighted by Crippen LogP contribution is -2.54. The van der Waals surface area contributed by atoms with Crippen molar-refractivity contribution in [2.45, 2.75) is 55.8 Å². The van der Waals surface area contributed by atoms with Crippen molar-refractivity contribution in [2.75, 3.05) is 13.1 Å². The zero-order chi connectivity index (χ0) is 32.0. The van der Waals surface area contributed by atoms with E-state index in [1.807, 2.05) is 12.1 Å². The summed E-state index contributed by atoms with van der Waals surface area (Å²) in [7, 11) is -4.31. The number of primary amides is 1. The molecule has 6 N–H and O–H groups in total. The Hall–Kier alpha value is -4.20. The number of carbonyl (C=O) groups excluding carboxylic acids is 3. The van der Waals surface area contributed by atoms with E-state index in [1.165, 1.54) is 19.1 Å². The molecule has 0 aliphatic carbocycles. The summed E-state index contributed by atoms with van der Waals surface area (Å²) in [5, 5.41) is 9.64. The maximum atomic E-state index is 14.1. The fraction of sp³-hybridized carbons (Fsp3) is 0.333. The maximum absolute atomic E-state index is 14.1. The van der Waals surface area contributed by atoms with E-state index in [2.05, 4.69) is 4.72 Å². The van der Waals surface area contributed by atoms with Gasteiger partial charge in [-0.3, -0.25) is 15.0 Å². The van der Waals surface area contributed by atoms with Crippen LogP contribution in [0.15, 0.2) is 71.6 Å². The van der Waals surface area contributed by atoms with E-state index < -0.39 is 52.4 Å². The molecule has 1 aliphatic heterocycles. The highest BCUT2D eigenvalue weighted by Gasteiger charge is 2.36. The van der Waals surface area contributed by atoms with Gasteiger partial charge in [-0.15, -0.1) is 0 Å². The number of fused-ring (bicyclic) bond motifs is 1. The van der Waals surface area contributed by atoms with Gasteiger partial charge in [-0.25, -0.2) is 13.2 Å². The van der Waals surface area contributed by atoms with E-state index in [9.17, 15) is 22.8 Å². The van der Waals surface area contributed by atoms with Crippen molar-refractivity contribution in [1.29, 1.82) is 5.41 Å². The van der Waals surface area contributed by atoms with Gasteiger partial charge in [0.1, 0.15) is 18.2 Å². The van der Waals surface area contributed by atoms with Crippen molar-refractivity contribution in [3.63, 3.8) is 0 Å². The average molecular weight is 643 g/mol. The zero-order valence-corrected chi connectivity index (χ0v) is 25.7. The molecule has 14 heteroatoms. The zero-order valence-electron chi connectivity index (χ0n) is 24.1. The van der Waals surface area contributed by atoms with E-state index in [0.717, 1.165) is 10.3 Å². The number of hydrogen-bond acceptors (Lipinski definition) is 7. The fourth-order valence-electron chi connectivity index (χ4n) is 5.01. The molecular weight excluding hydrogens is 608 g/mol. The van der Waals surface area contributed by atoms with Crippen LogP contribution in [0.5, 0.6) is 0 Å². The summed E-state index contributed by atoms with van der Waals surface area (Å²) in [5.74, 6) is -2.64. The van der Waals surface area contributed by atoms with Crippen LogP contribution < -0.4 is 16.2 Å². The Morgan fingerprint density at radius 2 is 1.77 bits per heavy atom. The summed E-state index contributed by atoms with van der Waals surface area (Å²) in [6.07, 6.45) is -0.0246. The molecular formula is C30H35ClN6O6S. The van der Waals surface area contributed by atoms with Gasteiger partial charge < -0.3 is 26.0 Å². The largest absolute Gasteiger partial charge is 0.459 e. The minimum Gasteiger partial charge on any atom is -0.459 e. The Kier molecular flexibility index (Phi) is 10.4. The molecule has 1 heterocycles. The van der Waals surface area contributed by atoms with Crippen LogP contribution in [0.4, 0.5) is 0 Å². The molecule has 3 aromatic carbocycles. The van der Waals surface area contributed by atoms with Crippen molar-refractivity contribution in [2.24, 2.45) is 11.5 Å². The van der Waals surface area contributed by atoms with E-state index in [4.69, 9.17) is 33.2 Å². The molecule has 0 spiro atoms. The SMILES string of the molecule is CC(C(=O)O[C@H]1CCCN(C(=N)N)C1)N(Cc1ccc(Cl)cc1)C(=O)[C@H](CC(N)=O)NS(=O)(=O)c1ccc2ccccc2c1. The summed E-state index contributed by atoms with van der Waals surface area (Å²) >= 11 is 6.03. The van der Waals surface area contributed by atoms with E-state index in [-0.39, 0.29) is 23.9 Å². The van der Waals surface area contributed by atoms with E-state index in [1.54, 1.807) is 47.4 Å². The molecule has 2 amide bonds. The lowest BCUT2D eigenvalue weighted by atomic mass is 10.1. The molecule has 1 saturated heterocycles. The van der Waals surface area contributed by atoms with Gasteiger partial charge in [-0.05, 0) is 60.4 Å². The van der Waals surface area contributed by atoms with Gasteiger partial charge in [-0.1, -0.05) is 54.1 Å². The molecule has 1 fully saturated rings. The summed E-state index contributed by atoms with van der Waals surface area (Å²) in [6, 6.07) is 15.4. The number of sulfonamides is 1. The molecule has 12 nitrogen and oxygen atoms in total. The Morgan fingerprint density at radius 1 is 1.09 bits per heavy atom. The monoisotopic (exact) mass is 642 g/mol. The summed E-state index contributed by atoms with van der Waals surface area (Å²) in [4.78, 5) is 42.1. The number of ether oxygens (including phenoxy) is 1. The number of piperidine rings is 1. The Bertz CT molecular complexity index is 1650. The second kappa shape index (κ2) is 14.1. The summed E-state index contributed by atoms with van der Waals surface area (Å²) in [6.45, 7) is 2.13. The fourth-order valence-corrected chi connectivity index (χ4v) is 6.36. The third-order valence-corrected chi connectivity index (χ3v) is 9.11. The number of esters is 1. The predicted molar refractivity (Wildman–Crippen MR) is 166 cm³/mol. The molecule has 234 valence electrons. The number of nitrogens with two attached hydrogens (primary N) is 2. The Balaban J connectivity index is 1.62. The van der Waals surface area contributed by atoms with Crippen LogP contribution in [0.1, 0.15) is 31.7 Å². The first-order valence-electron chi connectivity index (χ1n) is 14.0. The highest BCUT2D eigenvalue weighted by atomic mass is 35.5. The Labute approximate surface area is 260 Å². The van der Waals surface area contributed by atoms with Gasteiger partial charge >= 0.3 is 5.97 Å².